The number of carbonyl (C=O) groups excluding carboxylic acids is 2. The molecular weight excluding hydrogens is 330 g/mol. The lowest BCUT2D eigenvalue weighted by Gasteiger charge is -2.44. The van der Waals surface area contributed by atoms with Crippen molar-refractivity contribution in [3.63, 3.8) is 0 Å². The zero-order valence-corrected chi connectivity index (χ0v) is 15.3. The highest BCUT2D eigenvalue weighted by Crippen LogP contribution is 2.43. The van der Waals surface area contributed by atoms with Gasteiger partial charge in [-0.2, -0.15) is 0 Å². The minimum absolute atomic E-state index is 0.0253. The van der Waals surface area contributed by atoms with Gasteiger partial charge in [-0.05, 0) is 37.8 Å². The van der Waals surface area contributed by atoms with Crippen LogP contribution >= 0.6 is 0 Å². The zero-order valence-electron chi connectivity index (χ0n) is 15.3. The first-order valence-corrected chi connectivity index (χ1v) is 9.30. The molecule has 0 unspecified atom stereocenters. The number of nitrogens with zero attached hydrogens (tertiary/aromatic N) is 1. The molecule has 6 nitrogen and oxygen atoms in total. The summed E-state index contributed by atoms with van der Waals surface area (Å²) >= 11 is 0. The van der Waals surface area contributed by atoms with E-state index in [4.69, 9.17) is 4.74 Å². The standard InChI is InChI=1S/C20H25N3O3/c1-13(21-14(2)24)19(25)23-10-8-20(9-11-23)18-16(7-12-26-20)15-5-3-4-6-17(15)22-18/h3-6,13,22H,7-12H2,1-2H3,(H,21,24)/t13-/m0/s1. The Labute approximate surface area is 152 Å². The number of aromatic amines is 1. The second-order valence-electron chi connectivity index (χ2n) is 7.36. The van der Waals surface area contributed by atoms with Gasteiger partial charge in [0.25, 0.3) is 0 Å². The minimum Gasteiger partial charge on any atom is -0.368 e. The van der Waals surface area contributed by atoms with Gasteiger partial charge >= 0.3 is 0 Å². The number of H-pyrrole nitrogens is 1. The number of likely N-dealkylation sites (tertiary alicyclic amines) is 1. The summed E-state index contributed by atoms with van der Waals surface area (Å²) in [6.07, 6.45) is 2.46. The third kappa shape index (κ3) is 2.78. The highest BCUT2D eigenvalue weighted by Gasteiger charge is 2.43. The molecule has 2 amide bonds. The predicted octanol–water partition coefficient (Wildman–Crippen LogP) is 2.08. The molecule has 0 saturated carbocycles. The molecule has 1 fully saturated rings. The van der Waals surface area contributed by atoms with E-state index in [1.54, 1.807) is 6.92 Å². The van der Waals surface area contributed by atoms with Gasteiger partial charge in [-0.3, -0.25) is 9.59 Å². The summed E-state index contributed by atoms with van der Waals surface area (Å²) in [6, 6.07) is 7.90. The van der Waals surface area contributed by atoms with Crippen molar-refractivity contribution < 1.29 is 14.3 Å². The van der Waals surface area contributed by atoms with Crippen LogP contribution in [0.25, 0.3) is 10.9 Å². The minimum atomic E-state index is -0.488. The number of hydrogen-bond donors (Lipinski definition) is 2. The summed E-state index contributed by atoms with van der Waals surface area (Å²) in [7, 11) is 0. The van der Waals surface area contributed by atoms with Crippen LogP contribution < -0.4 is 5.32 Å². The number of carbonyl (C=O) groups is 2. The van der Waals surface area contributed by atoms with E-state index in [9.17, 15) is 9.59 Å². The predicted molar refractivity (Wildman–Crippen MR) is 98.7 cm³/mol. The molecule has 26 heavy (non-hydrogen) atoms. The first-order valence-electron chi connectivity index (χ1n) is 9.30. The third-order valence-electron chi connectivity index (χ3n) is 5.67. The highest BCUT2D eigenvalue weighted by molar-refractivity contribution is 5.87. The van der Waals surface area contributed by atoms with Crippen molar-refractivity contribution in [2.75, 3.05) is 19.7 Å². The number of rotatable bonds is 2. The van der Waals surface area contributed by atoms with E-state index in [0.29, 0.717) is 19.7 Å². The lowest BCUT2D eigenvalue weighted by Crippen LogP contribution is -2.53. The Morgan fingerprint density at radius 3 is 2.73 bits per heavy atom. The molecule has 1 spiro atoms. The fourth-order valence-corrected chi connectivity index (χ4v) is 4.39. The molecule has 0 radical (unpaired) electrons. The summed E-state index contributed by atoms with van der Waals surface area (Å²) in [6.45, 7) is 5.16. The number of nitrogens with one attached hydrogen (secondary N) is 2. The van der Waals surface area contributed by atoms with E-state index in [-0.39, 0.29) is 17.4 Å². The van der Waals surface area contributed by atoms with Crippen LogP contribution in [0, 0.1) is 0 Å². The Morgan fingerprint density at radius 2 is 2.00 bits per heavy atom. The monoisotopic (exact) mass is 355 g/mol. The molecule has 1 aromatic heterocycles. The molecule has 2 aliphatic rings. The maximum Gasteiger partial charge on any atom is 0.244 e. The van der Waals surface area contributed by atoms with Crippen molar-refractivity contribution in [1.29, 1.82) is 0 Å². The Bertz CT molecular complexity index is 849. The number of fused-ring (bicyclic) bond motifs is 4. The lowest BCUT2D eigenvalue weighted by molar-refractivity contribution is -0.144. The van der Waals surface area contributed by atoms with Crippen LogP contribution in [0.3, 0.4) is 0 Å². The third-order valence-corrected chi connectivity index (χ3v) is 5.67. The van der Waals surface area contributed by atoms with Crippen LogP contribution in [0.5, 0.6) is 0 Å². The van der Waals surface area contributed by atoms with Crippen LogP contribution in [0.15, 0.2) is 24.3 Å². The van der Waals surface area contributed by atoms with Crippen molar-refractivity contribution in [3.05, 3.63) is 35.5 Å². The van der Waals surface area contributed by atoms with E-state index in [2.05, 4.69) is 28.5 Å². The maximum absolute atomic E-state index is 12.6. The van der Waals surface area contributed by atoms with Gasteiger partial charge in [0.05, 0.1) is 12.3 Å². The molecule has 2 aromatic rings. The molecule has 1 aromatic carbocycles. The zero-order chi connectivity index (χ0) is 18.3. The molecule has 138 valence electrons. The van der Waals surface area contributed by atoms with E-state index in [1.165, 1.54) is 23.6 Å². The van der Waals surface area contributed by atoms with Crippen LogP contribution in [0.2, 0.25) is 0 Å². The molecule has 0 bridgehead atoms. The number of benzene rings is 1. The van der Waals surface area contributed by atoms with Gasteiger partial charge in [0.2, 0.25) is 11.8 Å². The summed E-state index contributed by atoms with van der Waals surface area (Å²) in [5, 5.41) is 3.96. The Kier molecular flexibility index (Phi) is 4.23. The molecule has 1 saturated heterocycles. The smallest absolute Gasteiger partial charge is 0.244 e. The van der Waals surface area contributed by atoms with Gasteiger partial charge in [-0.1, -0.05) is 18.2 Å². The SMILES string of the molecule is CC(=O)N[C@@H](C)C(=O)N1CCC2(CC1)OCCc1c2[nH]c2ccccc12. The van der Waals surface area contributed by atoms with Gasteiger partial charge in [-0.15, -0.1) is 0 Å². The molecule has 3 heterocycles. The second-order valence-corrected chi connectivity index (χ2v) is 7.36. The van der Waals surface area contributed by atoms with Gasteiger partial charge < -0.3 is 19.9 Å². The number of hydrogen-bond acceptors (Lipinski definition) is 3. The first-order chi connectivity index (χ1) is 12.5. The van der Waals surface area contributed by atoms with Crippen LogP contribution in [0.4, 0.5) is 0 Å². The maximum atomic E-state index is 12.6. The van der Waals surface area contributed by atoms with Crippen LogP contribution in [0.1, 0.15) is 37.9 Å². The van der Waals surface area contributed by atoms with E-state index >= 15 is 0 Å². The summed E-state index contributed by atoms with van der Waals surface area (Å²) < 4.78 is 6.28. The Balaban J connectivity index is 1.55. The molecule has 4 rings (SSSR count). The number of amides is 2. The molecule has 6 heteroatoms. The molecule has 1 atom stereocenters. The first kappa shape index (κ1) is 17.1. The second kappa shape index (κ2) is 6.43. The topological polar surface area (TPSA) is 74.4 Å². The summed E-state index contributed by atoms with van der Waals surface area (Å²) in [5.41, 5.74) is 3.37. The fraction of sp³-hybridized carbons (Fsp3) is 0.500. The number of ether oxygens (including phenoxy) is 1. The Morgan fingerprint density at radius 1 is 1.27 bits per heavy atom. The quantitative estimate of drug-likeness (QED) is 0.866. The fourth-order valence-electron chi connectivity index (χ4n) is 4.39. The largest absolute Gasteiger partial charge is 0.368 e. The molecule has 0 aliphatic carbocycles. The van der Waals surface area contributed by atoms with Crippen molar-refractivity contribution in [1.82, 2.24) is 15.2 Å². The normalized spacial score (nSPS) is 20.0. The number of piperidine rings is 1. The highest BCUT2D eigenvalue weighted by atomic mass is 16.5. The molecule has 2 aliphatic heterocycles. The van der Waals surface area contributed by atoms with Crippen molar-refractivity contribution in [2.24, 2.45) is 0 Å². The van der Waals surface area contributed by atoms with Crippen molar-refractivity contribution >= 4 is 22.7 Å². The Hall–Kier alpha value is -2.34. The van der Waals surface area contributed by atoms with E-state index < -0.39 is 6.04 Å². The number of aromatic nitrogens is 1. The lowest BCUT2D eigenvalue weighted by atomic mass is 9.83. The van der Waals surface area contributed by atoms with Crippen molar-refractivity contribution in [2.45, 2.75) is 44.8 Å². The molecule has 2 N–H and O–H groups in total. The van der Waals surface area contributed by atoms with Gasteiger partial charge in [0.15, 0.2) is 0 Å². The van der Waals surface area contributed by atoms with Crippen molar-refractivity contribution in [3.8, 4) is 0 Å². The van der Waals surface area contributed by atoms with Crippen LogP contribution in [-0.2, 0) is 26.3 Å². The van der Waals surface area contributed by atoms with Gasteiger partial charge in [-0.25, -0.2) is 0 Å². The average Bonchev–Trinajstić information content (AvgIpc) is 3.02. The van der Waals surface area contributed by atoms with Crippen LogP contribution in [-0.4, -0.2) is 47.4 Å². The van der Waals surface area contributed by atoms with Gasteiger partial charge in [0.1, 0.15) is 11.6 Å². The average molecular weight is 355 g/mol. The number of para-hydroxylation sites is 1. The van der Waals surface area contributed by atoms with Gasteiger partial charge in [0, 0.05) is 30.9 Å². The summed E-state index contributed by atoms with van der Waals surface area (Å²) in [4.78, 5) is 29.2. The van der Waals surface area contributed by atoms with E-state index in [0.717, 1.165) is 24.8 Å². The summed E-state index contributed by atoms with van der Waals surface area (Å²) in [5.74, 6) is -0.208. The van der Waals surface area contributed by atoms with E-state index in [1.807, 2.05) is 11.0 Å². The molecular formula is C20H25N3O3.